The van der Waals surface area contributed by atoms with Crippen LogP contribution in [-0.2, 0) is 21.9 Å². The molecule has 0 N–H and O–H groups in total. The predicted octanol–water partition coefficient (Wildman–Crippen LogP) is 10.5. The summed E-state index contributed by atoms with van der Waals surface area (Å²) < 4.78 is 32.6. The number of halogens is 2. The maximum atomic E-state index is 13.8. The SMILES string of the molecule is C=O.C=O.CC.CC.Cc1ccc(-c2ccccc2)cc1C.Cc1ccc(Cc2ccc3oc(=O)cc(C(C)(F)F)c3c2)cc1. The summed E-state index contributed by atoms with van der Waals surface area (Å²) in [6.07, 6.45) is 0.629. The minimum Gasteiger partial charge on any atom is -0.423 e. The predicted molar refractivity (Wildman–Crippen MR) is 184 cm³/mol. The van der Waals surface area contributed by atoms with Crippen molar-refractivity contribution in [3.05, 3.63) is 141 Å². The molecular weight excluding hydrogens is 570 g/mol. The van der Waals surface area contributed by atoms with Crippen LogP contribution in [0.25, 0.3) is 22.1 Å². The molecule has 0 unspecified atom stereocenters. The van der Waals surface area contributed by atoms with Gasteiger partial charge in [-0.15, -0.1) is 0 Å². The maximum absolute atomic E-state index is 13.8. The Hall–Kier alpha value is -4.71. The smallest absolute Gasteiger partial charge is 0.336 e. The summed E-state index contributed by atoms with van der Waals surface area (Å²) in [4.78, 5) is 27.5. The fourth-order valence-electron chi connectivity index (χ4n) is 4.18. The largest absolute Gasteiger partial charge is 0.423 e. The van der Waals surface area contributed by atoms with Gasteiger partial charge in [0.1, 0.15) is 19.2 Å². The molecule has 0 aliphatic rings. The maximum Gasteiger partial charge on any atom is 0.336 e. The van der Waals surface area contributed by atoms with Gasteiger partial charge < -0.3 is 14.0 Å². The molecule has 0 atom stereocenters. The zero-order valence-electron chi connectivity index (χ0n) is 27.7. The average Bonchev–Trinajstić information content (AvgIpc) is 3.07. The van der Waals surface area contributed by atoms with Crippen LogP contribution in [0.3, 0.4) is 0 Å². The van der Waals surface area contributed by atoms with E-state index in [4.69, 9.17) is 14.0 Å². The quantitative estimate of drug-likeness (QED) is 0.189. The second-order valence-corrected chi connectivity index (χ2v) is 9.53. The molecule has 0 aliphatic carbocycles. The molecular formula is C39H46F2O4. The molecule has 0 radical (unpaired) electrons. The van der Waals surface area contributed by atoms with E-state index in [-0.39, 0.29) is 16.5 Å². The topological polar surface area (TPSA) is 64.3 Å². The monoisotopic (exact) mass is 616 g/mol. The zero-order chi connectivity index (χ0) is 34.6. The molecule has 45 heavy (non-hydrogen) atoms. The summed E-state index contributed by atoms with van der Waals surface area (Å²) in [5.74, 6) is -3.10. The van der Waals surface area contributed by atoms with Gasteiger partial charge in [0.05, 0.1) is 0 Å². The summed E-state index contributed by atoms with van der Waals surface area (Å²) in [7, 11) is 0. The van der Waals surface area contributed by atoms with Gasteiger partial charge in [-0.05, 0) is 72.7 Å². The molecule has 4 aromatic carbocycles. The highest BCUT2D eigenvalue weighted by Gasteiger charge is 2.28. The summed E-state index contributed by atoms with van der Waals surface area (Å²) >= 11 is 0. The summed E-state index contributed by atoms with van der Waals surface area (Å²) in [6, 6.07) is 31.1. The van der Waals surface area contributed by atoms with Crippen LogP contribution in [-0.4, -0.2) is 13.6 Å². The number of benzene rings is 4. The minimum atomic E-state index is -3.10. The molecule has 5 aromatic rings. The van der Waals surface area contributed by atoms with Gasteiger partial charge in [0.2, 0.25) is 0 Å². The first-order valence-electron chi connectivity index (χ1n) is 14.8. The number of alkyl halides is 2. The molecule has 0 saturated heterocycles. The van der Waals surface area contributed by atoms with E-state index in [1.54, 1.807) is 18.2 Å². The first-order valence-corrected chi connectivity index (χ1v) is 14.8. The van der Waals surface area contributed by atoms with Crippen LogP contribution in [0.5, 0.6) is 0 Å². The van der Waals surface area contributed by atoms with Crippen LogP contribution < -0.4 is 5.63 Å². The minimum absolute atomic E-state index is 0.182. The number of carbonyl (C=O) groups is 2. The lowest BCUT2D eigenvalue weighted by molar-refractivity contribution is -0.0987. The summed E-state index contributed by atoms with van der Waals surface area (Å²) in [5, 5.41) is 0.279. The Kier molecular flexibility index (Phi) is 18.9. The molecule has 1 aromatic heterocycles. The summed E-state index contributed by atoms with van der Waals surface area (Å²) in [5.41, 5.74) is 7.57. The Labute approximate surface area is 266 Å². The zero-order valence-corrected chi connectivity index (χ0v) is 27.7. The van der Waals surface area contributed by atoms with E-state index >= 15 is 0 Å². The molecule has 0 bridgehead atoms. The van der Waals surface area contributed by atoms with Crippen molar-refractivity contribution in [3.8, 4) is 11.1 Å². The number of hydrogen-bond donors (Lipinski definition) is 0. The molecule has 1 heterocycles. The van der Waals surface area contributed by atoms with Crippen LogP contribution in [0.4, 0.5) is 8.78 Å². The van der Waals surface area contributed by atoms with Crippen molar-refractivity contribution < 1.29 is 22.8 Å². The first-order chi connectivity index (χ1) is 21.6. The van der Waals surface area contributed by atoms with E-state index in [9.17, 15) is 13.6 Å². The van der Waals surface area contributed by atoms with Crippen LogP contribution in [0, 0.1) is 20.8 Å². The molecule has 0 amide bonds. The lowest BCUT2D eigenvalue weighted by Crippen LogP contribution is -2.12. The van der Waals surface area contributed by atoms with E-state index in [0.29, 0.717) is 6.42 Å². The van der Waals surface area contributed by atoms with Crippen molar-refractivity contribution in [2.75, 3.05) is 0 Å². The highest BCUT2D eigenvalue weighted by atomic mass is 19.3. The number of carbonyl (C=O) groups excluding carboxylic acids is 2. The number of aryl methyl sites for hydroxylation is 3. The van der Waals surface area contributed by atoms with Crippen molar-refractivity contribution in [3.63, 3.8) is 0 Å². The normalized spacial score (nSPS) is 9.64. The van der Waals surface area contributed by atoms with Gasteiger partial charge >= 0.3 is 5.63 Å². The van der Waals surface area contributed by atoms with Gasteiger partial charge in [-0.25, -0.2) is 13.6 Å². The Morgan fingerprint density at radius 3 is 1.73 bits per heavy atom. The fraction of sp³-hybridized carbons (Fsp3) is 0.256. The third-order valence-corrected chi connectivity index (χ3v) is 6.42. The molecule has 240 valence electrons. The number of hydrogen-bond acceptors (Lipinski definition) is 4. The lowest BCUT2D eigenvalue weighted by atomic mass is 9.99. The van der Waals surface area contributed by atoms with Crippen molar-refractivity contribution >= 4 is 24.5 Å². The van der Waals surface area contributed by atoms with Crippen LogP contribution in [0.2, 0.25) is 0 Å². The fourth-order valence-corrected chi connectivity index (χ4v) is 4.18. The van der Waals surface area contributed by atoms with Crippen molar-refractivity contribution in [1.82, 2.24) is 0 Å². The number of rotatable bonds is 4. The van der Waals surface area contributed by atoms with Crippen LogP contribution in [0.1, 0.15) is 68.0 Å². The summed E-state index contributed by atoms with van der Waals surface area (Å²) in [6.45, 7) is 19.1. The van der Waals surface area contributed by atoms with Crippen molar-refractivity contribution in [2.45, 2.75) is 67.7 Å². The van der Waals surface area contributed by atoms with E-state index in [2.05, 4.69) is 56.3 Å². The van der Waals surface area contributed by atoms with E-state index in [1.165, 1.54) is 27.8 Å². The molecule has 5 rings (SSSR count). The van der Waals surface area contributed by atoms with Crippen LogP contribution in [0.15, 0.2) is 106 Å². The third-order valence-electron chi connectivity index (χ3n) is 6.42. The van der Waals surface area contributed by atoms with Gasteiger partial charge in [0.15, 0.2) is 0 Å². The Morgan fingerprint density at radius 2 is 1.20 bits per heavy atom. The van der Waals surface area contributed by atoms with Gasteiger partial charge in [-0.3, -0.25) is 0 Å². The second kappa shape index (κ2) is 21.1. The van der Waals surface area contributed by atoms with Gasteiger partial charge in [0.25, 0.3) is 5.92 Å². The molecule has 0 saturated carbocycles. The highest BCUT2D eigenvalue weighted by Crippen LogP contribution is 2.32. The Bertz CT molecular complexity index is 1600. The van der Waals surface area contributed by atoms with Gasteiger partial charge in [0, 0.05) is 23.9 Å². The molecule has 0 aliphatic heterocycles. The average molecular weight is 617 g/mol. The van der Waals surface area contributed by atoms with E-state index < -0.39 is 11.5 Å². The molecule has 0 fully saturated rings. The lowest BCUT2D eigenvalue weighted by Gasteiger charge is -2.13. The first kappa shape index (κ1) is 40.3. The third kappa shape index (κ3) is 12.8. The Balaban J connectivity index is 0.000000754. The van der Waals surface area contributed by atoms with E-state index in [1.807, 2.05) is 78.5 Å². The molecule has 6 heteroatoms. The van der Waals surface area contributed by atoms with Crippen molar-refractivity contribution in [2.24, 2.45) is 0 Å². The highest BCUT2D eigenvalue weighted by molar-refractivity contribution is 5.81. The van der Waals surface area contributed by atoms with E-state index in [0.717, 1.165) is 24.1 Å². The molecule has 4 nitrogen and oxygen atoms in total. The Morgan fingerprint density at radius 1 is 0.644 bits per heavy atom. The molecule has 0 spiro atoms. The van der Waals surface area contributed by atoms with Gasteiger partial charge in [-0.2, -0.15) is 0 Å². The van der Waals surface area contributed by atoms with Crippen molar-refractivity contribution in [1.29, 1.82) is 0 Å². The number of fused-ring (bicyclic) bond motifs is 1. The van der Waals surface area contributed by atoms with Crippen LogP contribution >= 0.6 is 0 Å². The standard InChI is InChI=1S/C19H16F2O2.C14H14.2C2H6.2CH2O/c1-12-3-5-13(6-4-12)9-14-7-8-17-15(10-14)16(19(2,20)21)11-18(22)23-17;1-11-8-9-14(10-12(11)2)13-6-4-3-5-7-13;4*1-2/h3-8,10-11H,9H2,1-2H3;3-10H,1-2H3;2*1-2H3;2*1H2. The van der Waals surface area contributed by atoms with Gasteiger partial charge in [-0.1, -0.05) is 112 Å². The second-order valence-electron chi connectivity index (χ2n) is 9.53.